The molecule has 2 aromatic rings. The summed E-state index contributed by atoms with van der Waals surface area (Å²) in [5, 5.41) is 9.22. The number of hydrogen-bond acceptors (Lipinski definition) is 4. The van der Waals surface area contributed by atoms with E-state index in [9.17, 15) is 14.7 Å². The van der Waals surface area contributed by atoms with Gasteiger partial charge in [0, 0.05) is 31.5 Å². The lowest BCUT2D eigenvalue weighted by atomic mass is 9.64. The number of carbonyl (C=O) groups is 2. The molecule has 1 amide bonds. The van der Waals surface area contributed by atoms with E-state index in [1.165, 1.54) is 22.3 Å². The largest absolute Gasteiger partial charge is 0.481 e. The number of carbonyl (C=O) groups excluding carboxylic acids is 1. The standard InChI is InChI=1S/C24H25NO5/c1-29-24(13-22(26)27)12-21-20(24)10-11-25(21)23(28)30-14-19-17-8-4-2-6-15(17)16-7-3-5-9-18(16)19/h2-9,19-21H,10-14H2,1H3,(H,26,27)/t20-,21-,24+/m0/s1. The van der Waals surface area contributed by atoms with E-state index < -0.39 is 11.6 Å². The van der Waals surface area contributed by atoms with Crippen molar-refractivity contribution in [2.45, 2.75) is 36.8 Å². The van der Waals surface area contributed by atoms with Gasteiger partial charge in [0.2, 0.25) is 0 Å². The van der Waals surface area contributed by atoms with Gasteiger partial charge in [-0.15, -0.1) is 0 Å². The molecule has 1 aliphatic heterocycles. The van der Waals surface area contributed by atoms with Crippen molar-refractivity contribution in [1.29, 1.82) is 0 Å². The molecule has 6 nitrogen and oxygen atoms in total. The average molecular weight is 407 g/mol. The minimum atomic E-state index is -0.866. The van der Waals surface area contributed by atoms with Gasteiger partial charge in [-0.1, -0.05) is 48.5 Å². The lowest BCUT2D eigenvalue weighted by molar-refractivity contribution is -0.170. The third kappa shape index (κ3) is 2.82. The van der Waals surface area contributed by atoms with Gasteiger partial charge in [0.1, 0.15) is 6.61 Å². The SMILES string of the molecule is CO[C@@]1(CC(=O)O)C[C@H]2[C@@H]1CCN2C(=O)OCC1c2ccccc2-c2ccccc21. The highest BCUT2D eigenvalue weighted by Crippen LogP contribution is 2.52. The minimum absolute atomic E-state index is 0.0000458. The van der Waals surface area contributed by atoms with Crippen molar-refractivity contribution in [3.63, 3.8) is 0 Å². The van der Waals surface area contributed by atoms with E-state index in [2.05, 4.69) is 24.3 Å². The number of ether oxygens (including phenoxy) is 2. The number of carboxylic acids is 1. The molecular formula is C24H25NO5. The highest BCUT2D eigenvalue weighted by atomic mass is 16.6. The third-order valence-corrected chi connectivity index (χ3v) is 7.20. The number of methoxy groups -OCH3 is 1. The first-order chi connectivity index (χ1) is 14.5. The molecule has 0 bridgehead atoms. The Labute approximate surface area is 175 Å². The van der Waals surface area contributed by atoms with Gasteiger partial charge in [-0.05, 0) is 35.1 Å². The van der Waals surface area contributed by atoms with Crippen molar-refractivity contribution in [2.75, 3.05) is 20.3 Å². The summed E-state index contributed by atoms with van der Waals surface area (Å²) < 4.78 is 11.4. The van der Waals surface area contributed by atoms with Crippen LogP contribution in [0.2, 0.25) is 0 Å². The number of rotatable bonds is 5. The number of nitrogens with zero attached hydrogens (tertiary/aromatic N) is 1. The van der Waals surface area contributed by atoms with E-state index in [0.29, 0.717) is 19.6 Å². The molecule has 0 aromatic heterocycles. The van der Waals surface area contributed by atoms with Gasteiger partial charge in [-0.25, -0.2) is 4.79 Å². The second-order valence-corrected chi connectivity index (χ2v) is 8.50. The molecule has 6 heteroatoms. The zero-order valence-corrected chi connectivity index (χ0v) is 16.9. The predicted molar refractivity (Wildman–Crippen MR) is 110 cm³/mol. The van der Waals surface area contributed by atoms with E-state index in [4.69, 9.17) is 9.47 Å². The van der Waals surface area contributed by atoms with Gasteiger partial charge in [-0.2, -0.15) is 0 Å². The van der Waals surface area contributed by atoms with E-state index in [0.717, 1.165) is 6.42 Å². The Kier molecular flexibility index (Phi) is 4.54. The first kappa shape index (κ1) is 19.1. The molecule has 3 aliphatic rings. The number of likely N-dealkylation sites (tertiary alicyclic amines) is 1. The van der Waals surface area contributed by atoms with E-state index in [1.54, 1.807) is 12.0 Å². The van der Waals surface area contributed by atoms with Crippen molar-refractivity contribution in [3.8, 4) is 11.1 Å². The molecule has 0 unspecified atom stereocenters. The quantitative estimate of drug-likeness (QED) is 0.814. The average Bonchev–Trinajstić information content (AvgIpc) is 3.26. The van der Waals surface area contributed by atoms with Crippen LogP contribution in [0.15, 0.2) is 48.5 Å². The molecule has 30 heavy (non-hydrogen) atoms. The van der Waals surface area contributed by atoms with Crippen LogP contribution in [0.3, 0.4) is 0 Å². The lowest BCUT2D eigenvalue weighted by Crippen LogP contribution is -2.61. The summed E-state index contributed by atoms with van der Waals surface area (Å²) in [5.41, 5.74) is 4.12. The molecule has 2 aromatic carbocycles. The van der Waals surface area contributed by atoms with Crippen molar-refractivity contribution >= 4 is 12.1 Å². The maximum absolute atomic E-state index is 12.9. The van der Waals surface area contributed by atoms with Crippen LogP contribution in [0.1, 0.15) is 36.3 Å². The Bertz CT molecular complexity index is 959. The maximum atomic E-state index is 12.9. The van der Waals surface area contributed by atoms with Crippen molar-refractivity contribution in [3.05, 3.63) is 59.7 Å². The third-order valence-electron chi connectivity index (χ3n) is 7.20. The van der Waals surface area contributed by atoms with Crippen LogP contribution in [0.5, 0.6) is 0 Å². The number of benzene rings is 2. The van der Waals surface area contributed by atoms with Crippen LogP contribution in [0.25, 0.3) is 11.1 Å². The summed E-state index contributed by atoms with van der Waals surface area (Å²) in [5.74, 6) is -0.778. The smallest absolute Gasteiger partial charge is 0.410 e. The molecule has 1 saturated carbocycles. The minimum Gasteiger partial charge on any atom is -0.481 e. The van der Waals surface area contributed by atoms with Crippen LogP contribution in [0.4, 0.5) is 4.79 Å². The topological polar surface area (TPSA) is 76.1 Å². The summed E-state index contributed by atoms with van der Waals surface area (Å²) in [6.45, 7) is 0.877. The number of amides is 1. The molecule has 1 N–H and O–H groups in total. The van der Waals surface area contributed by atoms with E-state index in [1.807, 2.05) is 24.3 Å². The number of fused-ring (bicyclic) bond motifs is 4. The Morgan fingerprint density at radius 3 is 2.33 bits per heavy atom. The lowest BCUT2D eigenvalue weighted by Gasteiger charge is -2.51. The Balaban J connectivity index is 1.28. The van der Waals surface area contributed by atoms with E-state index in [-0.39, 0.29) is 30.4 Å². The Hall–Kier alpha value is -2.86. The van der Waals surface area contributed by atoms with Gasteiger partial charge < -0.3 is 19.5 Å². The zero-order chi connectivity index (χ0) is 20.9. The highest BCUT2D eigenvalue weighted by Gasteiger charge is 2.61. The van der Waals surface area contributed by atoms with Crippen LogP contribution in [-0.2, 0) is 14.3 Å². The molecule has 3 atom stereocenters. The van der Waals surface area contributed by atoms with Crippen LogP contribution >= 0.6 is 0 Å². The highest BCUT2D eigenvalue weighted by molar-refractivity contribution is 5.79. The molecule has 0 spiro atoms. The summed E-state index contributed by atoms with van der Waals surface area (Å²) >= 11 is 0. The second kappa shape index (κ2) is 7.13. The van der Waals surface area contributed by atoms with Crippen molar-refractivity contribution in [1.82, 2.24) is 4.90 Å². The first-order valence-corrected chi connectivity index (χ1v) is 10.4. The normalized spacial score (nSPS) is 26.5. The predicted octanol–water partition coefficient (Wildman–Crippen LogP) is 3.89. The maximum Gasteiger partial charge on any atom is 0.410 e. The molecule has 2 fully saturated rings. The van der Waals surface area contributed by atoms with Crippen molar-refractivity contribution < 1.29 is 24.2 Å². The second-order valence-electron chi connectivity index (χ2n) is 8.50. The summed E-state index contributed by atoms with van der Waals surface area (Å²) in [6.07, 6.45) is 0.952. The zero-order valence-electron chi connectivity index (χ0n) is 16.9. The van der Waals surface area contributed by atoms with E-state index >= 15 is 0 Å². The molecule has 5 rings (SSSR count). The van der Waals surface area contributed by atoms with Gasteiger partial charge in [0.05, 0.1) is 12.0 Å². The molecule has 2 aliphatic carbocycles. The van der Waals surface area contributed by atoms with Gasteiger partial charge >= 0.3 is 12.1 Å². The van der Waals surface area contributed by atoms with Gasteiger partial charge in [0.25, 0.3) is 0 Å². The van der Waals surface area contributed by atoms with Gasteiger partial charge in [-0.3, -0.25) is 4.79 Å². The van der Waals surface area contributed by atoms with Crippen LogP contribution < -0.4 is 0 Å². The fourth-order valence-corrected chi connectivity index (χ4v) is 5.73. The summed E-state index contributed by atoms with van der Waals surface area (Å²) in [4.78, 5) is 25.9. The fourth-order valence-electron chi connectivity index (χ4n) is 5.73. The van der Waals surface area contributed by atoms with Crippen molar-refractivity contribution in [2.24, 2.45) is 5.92 Å². The number of hydrogen-bond donors (Lipinski definition) is 1. The first-order valence-electron chi connectivity index (χ1n) is 10.4. The molecule has 0 radical (unpaired) electrons. The van der Waals surface area contributed by atoms with Gasteiger partial charge in [0.15, 0.2) is 0 Å². The summed E-state index contributed by atoms with van der Waals surface area (Å²) in [6, 6.07) is 16.5. The monoisotopic (exact) mass is 407 g/mol. The fraction of sp³-hybridized carbons (Fsp3) is 0.417. The number of aliphatic carboxylic acids is 1. The molecule has 156 valence electrons. The molecular weight excluding hydrogens is 382 g/mol. The Morgan fingerprint density at radius 1 is 1.10 bits per heavy atom. The summed E-state index contributed by atoms with van der Waals surface area (Å²) in [7, 11) is 1.56. The molecule has 1 saturated heterocycles. The molecule has 1 heterocycles. The number of carboxylic acid groups (broad SMARTS) is 1. The Morgan fingerprint density at radius 2 is 1.73 bits per heavy atom. The van der Waals surface area contributed by atoms with Crippen LogP contribution in [-0.4, -0.2) is 54.0 Å². The van der Waals surface area contributed by atoms with Crippen LogP contribution in [0, 0.1) is 5.92 Å².